The Morgan fingerprint density at radius 3 is 1.21 bits per heavy atom. The minimum Gasteiger partial charge on any atom is -0.341 e. The summed E-state index contributed by atoms with van der Waals surface area (Å²) >= 11 is 0. The van der Waals surface area contributed by atoms with Gasteiger partial charge in [-0.15, -0.1) is 0 Å². The fraction of sp³-hybridized carbons (Fsp3) is 0.950. The van der Waals surface area contributed by atoms with E-state index in [-0.39, 0.29) is 19.4 Å². The van der Waals surface area contributed by atoms with Crippen molar-refractivity contribution in [2.45, 2.75) is 89.8 Å². The van der Waals surface area contributed by atoms with Crippen molar-refractivity contribution >= 4 is 6.03 Å². The van der Waals surface area contributed by atoms with Gasteiger partial charge in [0.1, 0.15) is 0 Å². The van der Waals surface area contributed by atoms with Crippen LogP contribution in [0, 0.1) is 23.7 Å². The molecule has 0 aromatic carbocycles. The summed E-state index contributed by atoms with van der Waals surface area (Å²) in [6, 6.07) is -0.108. The number of nitrogens with one attached hydrogen (secondary N) is 2. The number of halogens is 1. The van der Waals surface area contributed by atoms with Gasteiger partial charge >= 0.3 is 6.03 Å². The average molecular weight is 353 g/mol. The van der Waals surface area contributed by atoms with E-state index < -0.39 is 6.17 Å². The monoisotopic (exact) mass is 352 g/mol. The third kappa shape index (κ3) is 83.1. The van der Waals surface area contributed by atoms with Crippen molar-refractivity contribution < 1.29 is 9.18 Å². The fourth-order valence-corrected chi connectivity index (χ4v) is 0.385. The van der Waals surface area contributed by atoms with Crippen LogP contribution in [0.15, 0.2) is 0 Å². The third-order valence-electron chi connectivity index (χ3n) is 1.82. The Morgan fingerprint density at radius 1 is 0.833 bits per heavy atom. The Labute approximate surface area is 153 Å². The summed E-state index contributed by atoms with van der Waals surface area (Å²) in [5, 5.41) is 5.15. The van der Waals surface area contributed by atoms with Crippen molar-refractivity contribution in [3.8, 4) is 0 Å². The maximum absolute atomic E-state index is 11.8. The molecule has 0 aromatic heterocycles. The van der Waals surface area contributed by atoms with Crippen molar-refractivity contribution in [3.05, 3.63) is 0 Å². The minimum absolute atomic E-state index is 0. The lowest BCUT2D eigenvalue weighted by Crippen LogP contribution is -2.34. The lowest BCUT2D eigenvalue weighted by atomic mass is 10.1. The van der Waals surface area contributed by atoms with E-state index in [0.29, 0.717) is 5.92 Å². The maximum Gasteiger partial charge on any atom is 0.314 e. The second-order valence-corrected chi connectivity index (χ2v) is 7.74. The molecule has 3 nitrogen and oxygen atoms in total. The fourth-order valence-electron chi connectivity index (χ4n) is 0.385. The van der Waals surface area contributed by atoms with E-state index in [0.717, 1.165) is 18.4 Å². The van der Waals surface area contributed by atoms with Crippen molar-refractivity contribution in [2.75, 3.05) is 13.6 Å². The zero-order valence-corrected chi connectivity index (χ0v) is 17.9. The van der Waals surface area contributed by atoms with Gasteiger partial charge in [0.25, 0.3) is 0 Å². The summed E-state index contributed by atoms with van der Waals surface area (Å²) in [5.41, 5.74) is 0. The van der Waals surface area contributed by atoms with Crippen LogP contribution >= 0.6 is 0 Å². The number of urea groups is 1. The van der Waals surface area contributed by atoms with Gasteiger partial charge in [-0.05, 0) is 30.6 Å². The minimum atomic E-state index is -0.648. The molecule has 152 valence electrons. The molecule has 4 heteroatoms. The topological polar surface area (TPSA) is 41.1 Å². The number of hydrogen-bond acceptors (Lipinski definition) is 1. The first-order valence-corrected chi connectivity index (χ1v) is 8.87. The first kappa shape index (κ1) is 34.5. The maximum atomic E-state index is 11.8. The summed E-state index contributed by atoms with van der Waals surface area (Å²) in [5.74, 6) is 2.37. The lowest BCUT2D eigenvalue weighted by molar-refractivity contribution is 0.241. The molecule has 0 saturated heterocycles. The number of alkyl halides is 1. The van der Waals surface area contributed by atoms with Gasteiger partial charge < -0.3 is 10.6 Å². The quantitative estimate of drug-likeness (QED) is 0.595. The molecular weight excluding hydrogens is 303 g/mol. The van der Waals surface area contributed by atoms with E-state index in [1.807, 2.05) is 13.8 Å². The molecule has 0 fully saturated rings. The summed E-state index contributed by atoms with van der Waals surface area (Å²) in [6.07, 6.45) is -0.648. The Bertz CT molecular complexity index is 210. The molecule has 0 aliphatic carbocycles. The van der Waals surface area contributed by atoms with Gasteiger partial charge in [0.2, 0.25) is 0 Å². The molecule has 2 N–H and O–H groups in total. The van der Waals surface area contributed by atoms with Crippen LogP contribution in [0.1, 0.15) is 83.6 Å². The van der Waals surface area contributed by atoms with Gasteiger partial charge in [-0.25, -0.2) is 9.18 Å². The molecule has 0 aliphatic heterocycles. The predicted octanol–water partition coefficient (Wildman–Crippen LogP) is 6.53. The molecule has 0 bridgehead atoms. The van der Waals surface area contributed by atoms with E-state index in [1.54, 1.807) is 14.0 Å². The zero-order valence-electron chi connectivity index (χ0n) is 17.9. The highest BCUT2D eigenvalue weighted by molar-refractivity contribution is 5.73. The van der Waals surface area contributed by atoms with Gasteiger partial charge in [0.05, 0.1) is 6.17 Å². The molecule has 0 aliphatic rings. The van der Waals surface area contributed by atoms with Gasteiger partial charge in [-0.1, -0.05) is 76.7 Å². The summed E-state index contributed by atoms with van der Waals surface area (Å²) < 4.78 is 11.8. The average Bonchev–Trinajstić information content (AvgIpc) is 2.35. The SMILES string of the molecule is C.CC(C)C.CC(C)C.CC(C)C(C)F.CNC(=O)NCC(C)C. The van der Waals surface area contributed by atoms with Crippen LogP contribution in [-0.2, 0) is 0 Å². The second kappa shape index (κ2) is 24.5. The summed E-state index contributed by atoms with van der Waals surface area (Å²) in [4.78, 5) is 10.5. The van der Waals surface area contributed by atoms with Crippen LogP contribution in [0.5, 0.6) is 0 Å². The van der Waals surface area contributed by atoms with E-state index in [1.165, 1.54) is 0 Å². The van der Waals surface area contributed by atoms with Crippen LogP contribution < -0.4 is 10.6 Å². The van der Waals surface area contributed by atoms with E-state index in [2.05, 4.69) is 66.0 Å². The number of rotatable bonds is 3. The van der Waals surface area contributed by atoms with Gasteiger partial charge in [0, 0.05) is 13.6 Å². The molecular formula is C20H49FN2O. The first-order valence-electron chi connectivity index (χ1n) is 8.87. The van der Waals surface area contributed by atoms with E-state index in [4.69, 9.17) is 0 Å². The molecule has 0 radical (unpaired) electrons. The van der Waals surface area contributed by atoms with Crippen LogP contribution in [0.3, 0.4) is 0 Å². The standard InChI is InChI=1S/C6H14N2O.C5H11F.2C4H10.CH4/c1-5(2)4-8-6(9)7-3;1-4(2)5(3)6;2*1-4(2)3;/h5H,4H2,1-3H3,(H2,7,8,9);4-5H,1-3H3;2*4H,1-3H3;1H4. The molecule has 1 atom stereocenters. The third-order valence-corrected chi connectivity index (χ3v) is 1.82. The summed E-state index contributed by atoms with van der Waals surface area (Å²) in [7, 11) is 1.61. The molecule has 0 aromatic rings. The number of hydrogen-bond donors (Lipinski definition) is 2. The molecule has 24 heavy (non-hydrogen) atoms. The normalized spacial score (nSPS) is 10.4. The summed E-state index contributed by atoms with van der Waals surface area (Å²) in [6.45, 7) is 23.1. The number of carbonyl (C=O) groups excluding carboxylic acids is 1. The van der Waals surface area contributed by atoms with Crippen LogP contribution in [0.25, 0.3) is 0 Å². The van der Waals surface area contributed by atoms with Gasteiger partial charge in [0.15, 0.2) is 0 Å². The Balaban J connectivity index is -0.0000000704. The van der Waals surface area contributed by atoms with Gasteiger partial charge in [-0.2, -0.15) is 0 Å². The first-order chi connectivity index (χ1) is 10.3. The van der Waals surface area contributed by atoms with Crippen LogP contribution in [-0.4, -0.2) is 25.8 Å². The van der Waals surface area contributed by atoms with Crippen LogP contribution in [0.4, 0.5) is 9.18 Å². The van der Waals surface area contributed by atoms with E-state index in [9.17, 15) is 9.18 Å². The lowest BCUT2D eigenvalue weighted by Gasteiger charge is -2.05. The van der Waals surface area contributed by atoms with Gasteiger partial charge in [-0.3, -0.25) is 0 Å². The smallest absolute Gasteiger partial charge is 0.314 e. The van der Waals surface area contributed by atoms with Crippen molar-refractivity contribution in [2.24, 2.45) is 23.7 Å². The molecule has 2 amide bonds. The second-order valence-electron chi connectivity index (χ2n) is 7.74. The number of carbonyl (C=O) groups is 1. The highest BCUT2D eigenvalue weighted by Crippen LogP contribution is 2.02. The Hall–Kier alpha value is -0.800. The highest BCUT2D eigenvalue weighted by Gasteiger charge is 2.00. The Morgan fingerprint density at radius 2 is 1.08 bits per heavy atom. The molecule has 0 saturated carbocycles. The molecule has 0 spiro atoms. The largest absolute Gasteiger partial charge is 0.341 e. The number of amides is 2. The predicted molar refractivity (Wildman–Crippen MR) is 110 cm³/mol. The molecule has 0 heterocycles. The molecule has 1 unspecified atom stereocenters. The zero-order chi connectivity index (χ0) is 19.6. The molecule has 0 rings (SSSR count). The van der Waals surface area contributed by atoms with Crippen molar-refractivity contribution in [1.82, 2.24) is 10.6 Å². The Kier molecular flexibility index (Phi) is 35.2. The van der Waals surface area contributed by atoms with Crippen molar-refractivity contribution in [3.63, 3.8) is 0 Å². The highest BCUT2D eigenvalue weighted by atomic mass is 19.1. The van der Waals surface area contributed by atoms with E-state index >= 15 is 0 Å². The van der Waals surface area contributed by atoms with Crippen LogP contribution in [0.2, 0.25) is 0 Å². The van der Waals surface area contributed by atoms with Crippen molar-refractivity contribution in [1.29, 1.82) is 0 Å².